The zero-order valence-corrected chi connectivity index (χ0v) is 10.3. The molecular formula is C11H15N5S. The van der Waals surface area contributed by atoms with Gasteiger partial charge in [0.05, 0.1) is 11.8 Å². The fourth-order valence-electron chi connectivity index (χ4n) is 2.17. The van der Waals surface area contributed by atoms with Crippen LogP contribution >= 0.6 is 11.3 Å². The third-order valence-corrected chi connectivity index (χ3v) is 3.91. The molecule has 1 heterocycles. The van der Waals surface area contributed by atoms with Crippen molar-refractivity contribution in [2.45, 2.75) is 38.0 Å². The molecule has 1 unspecified atom stereocenters. The lowest BCUT2D eigenvalue weighted by molar-refractivity contribution is 0.519. The summed E-state index contributed by atoms with van der Waals surface area (Å²) >= 11 is 1.56. The molecule has 0 radical (unpaired) electrons. The van der Waals surface area contributed by atoms with Crippen LogP contribution in [-0.4, -0.2) is 10.9 Å². The zero-order valence-electron chi connectivity index (χ0n) is 9.52. The molecule has 1 atom stereocenters. The average Bonchev–Trinajstić information content (AvgIpc) is 2.67. The molecule has 1 aromatic rings. The minimum absolute atomic E-state index is 0.0460. The van der Waals surface area contributed by atoms with E-state index in [1.807, 2.05) is 0 Å². The number of hydrogen-bond donors (Lipinski definition) is 2. The van der Waals surface area contributed by atoms with E-state index in [0.29, 0.717) is 17.5 Å². The Kier molecular flexibility index (Phi) is 3.59. The first-order chi connectivity index (χ1) is 8.20. The quantitative estimate of drug-likeness (QED) is 0.629. The number of hydrogen-bond acceptors (Lipinski definition) is 4. The van der Waals surface area contributed by atoms with Crippen molar-refractivity contribution in [2.24, 2.45) is 16.5 Å². The summed E-state index contributed by atoms with van der Waals surface area (Å²) in [7, 11) is 0. The topological polar surface area (TPSA) is 101 Å². The highest BCUT2D eigenvalue weighted by molar-refractivity contribution is 7.15. The molecule has 17 heavy (non-hydrogen) atoms. The van der Waals surface area contributed by atoms with Gasteiger partial charge in [-0.1, -0.05) is 11.3 Å². The maximum atomic E-state index is 8.65. The van der Waals surface area contributed by atoms with Gasteiger partial charge in [0.2, 0.25) is 5.13 Å². The molecule has 90 valence electrons. The van der Waals surface area contributed by atoms with E-state index in [1.54, 1.807) is 11.3 Å². The van der Waals surface area contributed by atoms with Gasteiger partial charge in [-0.2, -0.15) is 10.3 Å². The number of nitrogens with two attached hydrogens (primary N) is 2. The van der Waals surface area contributed by atoms with Crippen LogP contribution in [0.4, 0.5) is 5.13 Å². The van der Waals surface area contributed by atoms with Gasteiger partial charge in [-0.05, 0) is 25.7 Å². The van der Waals surface area contributed by atoms with E-state index in [-0.39, 0.29) is 5.96 Å². The molecule has 1 aliphatic rings. The summed E-state index contributed by atoms with van der Waals surface area (Å²) in [6.45, 7) is 0. The number of nitrogens with zero attached hydrogens (tertiary/aromatic N) is 3. The molecule has 0 spiro atoms. The van der Waals surface area contributed by atoms with Gasteiger partial charge >= 0.3 is 0 Å². The summed E-state index contributed by atoms with van der Waals surface area (Å²) in [5.74, 6) is 0.447. The van der Waals surface area contributed by atoms with Crippen LogP contribution in [-0.2, 0) is 6.42 Å². The van der Waals surface area contributed by atoms with Crippen molar-refractivity contribution in [2.75, 3.05) is 0 Å². The molecule has 0 fully saturated rings. The first kappa shape index (κ1) is 11.9. The number of guanidine groups is 1. The highest BCUT2D eigenvalue weighted by Crippen LogP contribution is 2.39. The Bertz CT molecular complexity index is 467. The Morgan fingerprint density at radius 3 is 3.12 bits per heavy atom. The first-order valence-corrected chi connectivity index (χ1v) is 6.48. The Labute approximate surface area is 104 Å². The van der Waals surface area contributed by atoms with Crippen molar-refractivity contribution < 1.29 is 0 Å². The predicted octanol–water partition coefficient (Wildman–Crippen LogP) is 1.77. The van der Waals surface area contributed by atoms with Crippen LogP contribution in [0.15, 0.2) is 4.99 Å². The molecule has 0 bridgehead atoms. The molecular weight excluding hydrogens is 234 g/mol. The Morgan fingerprint density at radius 1 is 1.59 bits per heavy atom. The summed E-state index contributed by atoms with van der Waals surface area (Å²) in [4.78, 5) is 9.76. The van der Waals surface area contributed by atoms with Gasteiger partial charge in [0.1, 0.15) is 0 Å². The zero-order chi connectivity index (χ0) is 12.3. The number of fused-ring (bicyclic) bond motifs is 1. The van der Waals surface area contributed by atoms with Crippen molar-refractivity contribution in [3.8, 4) is 6.07 Å². The maximum Gasteiger partial charge on any atom is 0.212 e. The SMILES string of the molecule is N#CCCC1CCCc2sc(N=C(N)N)nc21. The van der Waals surface area contributed by atoms with Gasteiger partial charge in [-0.3, -0.25) is 0 Å². The smallest absolute Gasteiger partial charge is 0.212 e. The highest BCUT2D eigenvalue weighted by atomic mass is 32.1. The molecule has 2 rings (SSSR count). The van der Waals surface area contributed by atoms with Crippen LogP contribution in [0.25, 0.3) is 0 Å². The van der Waals surface area contributed by atoms with E-state index in [9.17, 15) is 0 Å². The number of thiazole rings is 1. The lowest BCUT2D eigenvalue weighted by atomic mass is 9.88. The van der Waals surface area contributed by atoms with Crippen LogP contribution < -0.4 is 11.5 Å². The van der Waals surface area contributed by atoms with E-state index in [4.69, 9.17) is 16.7 Å². The molecule has 0 saturated carbocycles. The lowest BCUT2D eigenvalue weighted by Gasteiger charge is -2.19. The lowest BCUT2D eigenvalue weighted by Crippen LogP contribution is -2.21. The minimum Gasteiger partial charge on any atom is -0.370 e. The predicted molar refractivity (Wildman–Crippen MR) is 68.1 cm³/mol. The summed E-state index contributed by atoms with van der Waals surface area (Å²) in [5, 5.41) is 9.28. The van der Waals surface area contributed by atoms with E-state index >= 15 is 0 Å². The van der Waals surface area contributed by atoms with Gasteiger partial charge in [0.25, 0.3) is 0 Å². The second kappa shape index (κ2) is 5.15. The molecule has 6 heteroatoms. The maximum absolute atomic E-state index is 8.65. The molecule has 0 amide bonds. The largest absolute Gasteiger partial charge is 0.370 e. The van der Waals surface area contributed by atoms with Crippen molar-refractivity contribution in [3.63, 3.8) is 0 Å². The van der Waals surface area contributed by atoms with Crippen molar-refractivity contribution in [1.82, 2.24) is 4.98 Å². The second-order valence-electron chi connectivity index (χ2n) is 4.13. The third-order valence-electron chi connectivity index (χ3n) is 2.89. The number of aromatic nitrogens is 1. The van der Waals surface area contributed by atoms with Crippen LogP contribution in [0.1, 0.15) is 42.2 Å². The molecule has 0 aliphatic heterocycles. The average molecular weight is 249 g/mol. The van der Waals surface area contributed by atoms with Crippen molar-refractivity contribution in [1.29, 1.82) is 5.26 Å². The van der Waals surface area contributed by atoms with Gasteiger partial charge in [-0.25, -0.2) is 4.98 Å². The Hall–Kier alpha value is -1.61. The molecule has 0 saturated heterocycles. The van der Waals surface area contributed by atoms with Crippen molar-refractivity contribution in [3.05, 3.63) is 10.6 Å². The van der Waals surface area contributed by atoms with E-state index in [1.165, 1.54) is 4.88 Å². The fraction of sp³-hybridized carbons (Fsp3) is 0.545. The third kappa shape index (κ3) is 2.74. The first-order valence-electron chi connectivity index (χ1n) is 5.67. The minimum atomic E-state index is 0.0460. The summed E-state index contributed by atoms with van der Waals surface area (Å²) < 4.78 is 0. The Morgan fingerprint density at radius 2 is 2.41 bits per heavy atom. The fourth-order valence-corrected chi connectivity index (χ4v) is 3.25. The van der Waals surface area contributed by atoms with Crippen LogP contribution in [0.3, 0.4) is 0 Å². The molecule has 4 N–H and O–H groups in total. The summed E-state index contributed by atoms with van der Waals surface area (Å²) in [6, 6.07) is 2.19. The van der Waals surface area contributed by atoms with E-state index < -0.39 is 0 Å². The number of aryl methyl sites for hydroxylation is 1. The number of nitriles is 1. The van der Waals surface area contributed by atoms with E-state index in [0.717, 1.165) is 31.4 Å². The molecule has 0 aromatic carbocycles. The van der Waals surface area contributed by atoms with Gasteiger partial charge < -0.3 is 11.5 Å². The Balaban J connectivity index is 2.23. The van der Waals surface area contributed by atoms with Gasteiger partial charge in [0, 0.05) is 17.2 Å². The monoisotopic (exact) mass is 249 g/mol. The highest BCUT2D eigenvalue weighted by Gasteiger charge is 2.24. The number of aliphatic imine (C=N–C) groups is 1. The standard InChI is InChI=1S/C11H15N5S/c12-6-2-4-7-3-1-5-8-9(7)15-11(17-8)16-10(13)14/h7H,1-5H2,(H4,13,14,15,16). The van der Waals surface area contributed by atoms with E-state index in [2.05, 4.69) is 16.0 Å². The summed E-state index contributed by atoms with van der Waals surface area (Å²) in [5.41, 5.74) is 11.8. The molecule has 1 aromatic heterocycles. The van der Waals surface area contributed by atoms with Crippen LogP contribution in [0, 0.1) is 11.3 Å². The normalized spacial score (nSPS) is 18.2. The van der Waals surface area contributed by atoms with Gasteiger partial charge in [-0.15, -0.1) is 0 Å². The van der Waals surface area contributed by atoms with Crippen molar-refractivity contribution >= 4 is 22.4 Å². The van der Waals surface area contributed by atoms with Crippen LogP contribution in [0.5, 0.6) is 0 Å². The molecule has 1 aliphatic carbocycles. The number of rotatable bonds is 3. The second-order valence-corrected chi connectivity index (χ2v) is 5.19. The summed E-state index contributed by atoms with van der Waals surface area (Å²) in [6.07, 6.45) is 4.79. The van der Waals surface area contributed by atoms with Gasteiger partial charge in [0.15, 0.2) is 5.96 Å². The van der Waals surface area contributed by atoms with Crippen LogP contribution in [0.2, 0.25) is 0 Å². The molecule has 5 nitrogen and oxygen atoms in total.